The van der Waals surface area contributed by atoms with Crippen molar-refractivity contribution in [1.29, 1.82) is 0 Å². The summed E-state index contributed by atoms with van der Waals surface area (Å²) < 4.78 is 44.9. The van der Waals surface area contributed by atoms with Gasteiger partial charge in [0.15, 0.2) is 11.9 Å². The average Bonchev–Trinajstić information content (AvgIpc) is 3.47. The predicted molar refractivity (Wildman–Crippen MR) is 128 cm³/mol. The molecule has 2 fully saturated rings. The number of aliphatic imine (C=N–C) groups is 2. The minimum atomic E-state index is -4.46. The van der Waals surface area contributed by atoms with Gasteiger partial charge in [0.25, 0.3) is 0 Å². The van der Waals surface area contributed by atoms with E-state index in [2.05, 4.69) is 20.6 Å². The summed E-state index contributed by atoms with van der Waals surface area (Å²) in [6.45, 7) is 1.87. The Labute approximate surface area is 216 Å². The molecule has 1 aliphatic carbocycles. The van der Waals surface area contributed by atoms with Gasteiger partial charge in [-0.05, 0) is 24.0 Å². The smallest absolute Gasteiger partial charge is 0.416 e. The molecule has 3 unspecified atom stereocenters. The van der Waals surface area contributed by atoms with Crippen LogP contribution in [0.5, 0.6) is 0 Å². The first-order valence-electron chi connectivity index (χ1n) is 12.4. The van der Waals surface area contributed by atoms with Crippen LogP contribution in [0.15, 0.2) is 33.3 Å². The minimum Gasteiger partial charge on any atom is -0.444 e. The van der Waals surface area contributed by atoms with E-state index in [0.717, 1.165) is 17.1 Å². The van der Waals surface area contributed by atoms with Crippen LogP contribution >= 0.6 is 0 Å². The third-order valence-corrected chi connectivity index (χ3v) is 7.69. The van der Waals surface area contributed by atoms with Gasteiger partial charge < -0.3 is 31.7 Å². The number of imide groups is 1. The van der Waals surface area contributed by atoms with Crippen molar-refractivity contribution in [1.82, 2.24) is 20.4 Å². The molecule has 0 aromatic carbocycles. The molecule has 6 N–H and O–H groups in total. The summed E-state index contributed by atoms with van der Waals surface area (Å²) in [5, 5.41) is 5.67. The van der Waals surface area contributed by atoms with E-state index in [1.807, 2.05) is 0 Å². The lowest BCUT2D eigenvalue weighted by Crippen LogP contribution is -2.69. The summed E-state index contributed by atoms with van der Waals surface area (Å²) in [7, 11) is 0. The van der Waals surface area contributed by atoms with Gasteiger partial charge >= 0.3 is 12.3 Å². The van der Waals surface area contributed by atoms with Crippen LogP contribution in [-0.4, -0.2) is 89.3 Å². The van der Waals surface area contributed by atoms with Crippen molar-refractivity contribution >= 4 is 29.8 Å². The Morgan fingerprint density at radius 3 is 2.66 bits per heavy atom. The highest BCUT2D eigenvalue weighted by Crippen LogP contribution is 2.41. The Hall–Kier alpha value is -3.78. The molecule has 0 aromatic heterocycles. The molecule has 0 radical (unpaired) electrons. The molecule has 38 heavy (non-hydrogen) atoms. The number of ether oxygens (including phenoxy) is 1. The Balaban J connectivity index is 1.25. The minimum absolute atomic E-state index is 0.00471. The second-order valence-corrected chi connectivity index (χ2v) is 10.2. The monoisotopic (exact) mass is 538 g/mol. The van der Waals surface area contributed by atoms with E-state index in [0.29, 0.717) is 5.57 Å². The number of nitrogens with zero attached hydrogens (tertiary/aromatic N) is 4. The molecule has 5 rings (SSSR count). The Bertz CT molecular complexity index is 1170. The zero-order valence-corrected chi connectivity index (χ0v) is 20.6. The lowest BCUT2D eigenvalue weighted by molar-refractivity contribution is -0.138. The zero-order valence-electron chi connectivity index (χ0n) is 20.6. The van der Waals surface area contributed by atoms with Gasteiger partial charge in [-0.1, -0.05) is 13.0 Å². The van der Waals surface area contributed by atoms with Crippen molar-refractivity contribution in [2.45, 2.75) is 62.6 Å². The van der Waals surface area contributed by atoms with Gasteiger partial charge in [0.1, 0.15) is 17.8 Å². The SMILES string of the molecule is CC1CC=C(C(F)(F)F)C=C1CNC(=O)O[C@H]1CN2C(N)=N[C@@H](CN3C(=O)CCC3=O)C3N=C(N)NC32C1. The maximum absolute atomic E-state index is 13.1. The maximum atomic E-state index is 13.1. The van der Waals surface area contributed by atoms with E-state index in [4.69, 9.17) is 16.2 Å². The number of hydrogen-bond acceptors (Lipinski definition) is 10. The molecule has 12 nitrogen and oxygen atoms in total. The van der Waals surface area contributed by atoms with Crippen LogP contribution in [0, 0.1) is 5.92 Å². The highest BCUT2D eigenvalue weighted by molar-refractivity contribution is 6.02. The molecule has 206 valence electrons. The van der Waals surface area contributed by atoms with E-state index >= 15 is 0 Å². The second-order valence-electron chi connectivity index (χ2n) is 10.2. The summed E-state index contributed by atoms with van der Waals surface area (Å²) in [5.74, 6) is -0.472. The van der Waals surface area contributed by atoms with Crippen molar-refractivity contribution < 1.29 is 32.3 Å². The first-order valence-corrected chi connectivity index (χ1v) is 12.4. The van der Waals surface area contributed by atoms with Gasteiger partial charge in [-0.25, -0.2) is 14.8 Å². The summed E-state index contributed by atoms with van der Waals surface area (Å²) in [6, 6.07) is -1.25. The first-order chi connectivity index (χ1) is 17.9. The van der Waals surface area contributed by atoms with Crippen molar-refractivity contribution in [3.05, 3.63) is 23.3 Å². The second kappa shape index (κ2) is 9.20. The number of guanidine groups is 2. The molecule has 0 bridgehead atoms. The predicted octanol–water partition coefficient (Wildman–Crippen LogP) is 0.0705. The number of alkyl halides is 3. The highest BCUT2D eigenvalue weighted by Gasteiger charge is 2.61. The molecule has 2 saturated heterocycles. The van der Waals surface area contributed by atoms with Gasteiger partial charge in [0.2, 0.25) is 11.8 Å². The van der Waals surface area contributed by atoms with Gasteiger partial charge in [-0.3, -0.25) is 14.5 Å². The summed E-state index contributed by atoms with van der Waals surface area (Å²) in [4.78, 5) is 48.8. The van der Waals surface area contributed by atoms with Crippen LogP contribution in [0.1, 0.15) is 32.6 Å². The molecule has 3 amide bonds. The number of likely N-dealkylation sites (tertiary alicyclic amines) is 1. The number of alkyl carbamates (subject to hydrolysis) is 1. The van der Waals surface area contributed by atoms with Crippen molar-refractivity contribution in [2.75, 3.05) is 19.6 Å². The van der Waals surface area contributed by atoms with Crippen molar-refractivity contribution in [3.8, 4) is 0 Å². The third-order valence-electron chi connectivity index (χ3n) is 7.69. The number of rotatable bonds is 5. The standard InChI is InChI=1S/C23H29F3N8O4/c1-11-2-3-13(23(24,25)26)6-12(11)8-29-21(37)38-14-7-22-18(31-19(27)32-22)15(30-20(28)34(22)9-14)10-33-16(35)4-5-17(33)36/h3,6,11,14-15,18H,2,4-5,7-10H2,1H3,(H2,28,30)(H,29,37)(H3,27,31,32)/t11?,14-,15+,18?,22?/m1/s1. The summed E-state index contributed by atoms with van der Waals surface area (Å²) >= 11 is 0. The third kappa shape index (κ3) is 4.53. The van der Waals surface area contributed by atoms with E-state index < -0.39 is 41.7 Å². The van der Waals surface area contributed by atoms with Crippen LogP contribution in [0.3, 0.4) is 0 Å². The molecule has 5 atom stereocenters. The average molecular weight is 539 g/mol. The summed E-state index contributed by atoms with van der Waals surface area (Å²) in [6.07, 6.45) is -2.97. The van der Waals surface area contributed by atoms with Crippen molar-refractivity contribution in [3.63, 3.8) is 0 Å². The lowest BCUT2D eigenvalue weighted by atomic mass is 9.89. The van der Waals surface area contributed by atoms with Crippen LogP contribution in [0.25, 0.3) is 0 Å². The first kappa shape index (κ1) is 25.9. The van der Waals surface area contributed by atoms with Gasteiger partial charge in [-0.2, -0.15) is 13.2 Å². The molecule has 1 spiro atoms. The number of allylic oxidation sites excluding steroid dienone is 3. The molecule has 0 saturated carbocycles. The van der Waals surface area contributed by atoms with Gasteiger partial charge in [0.05, 0.1) is 24.7 Å². The van der Waals surface area contributed by atoms with Crippen LogP contribution < -0.4 is 22.1 Å². The zero-order chi connectivity index (χ0) is 27.4. The lowest BCUT2D eigenvalue weighted by Gasteiger charge is -2.45. The number of carbonyl (C=O) groups excluding carboxylic acids is 3. The Kier molecular flexibility index (Phi) is 6.26. The molecular weight excluding hydrogens is 509 g/mol. The number of nitrogens with one attached hydrogen (secondary N) is 2. The van der Waals surface area contributed by atoms with E-state index in [-0.39, 0.29) is 75.0 Å². The maximum Gasteiger partial charge on any atom is 0.416 e. The molecule has 0 aromatic rings. The normalized spacial score (nSPS) is 32.6. The van der Waals surface area contributed by atoms with E-state index in [1.54, 1.807) is 11.8 Å². The molecular formula is C23H29F3N8O4. The van der Waals surface area contributed by atoms with Gasteiger partial charge in [-0.15, -0.1) is 0 Å². The van der Waals surface area contributed by atoms with E-state index in [1.165, 1.54) is 0 Å². The number of amides is 3. The van der Waals surface area contributed by atoms with E-state index in [9.17, 15) is 27.6 Å². The highest BCUT2D eigenvalue weighted by atomic mass is 19.4. The number of carbonyl (C=O) groups is 3. The van der Waals surface area contributed by atoms with Crippen molar-refractivity contribution in [2.24, 2.45) is 27.4 Å². The number of hydrogen-bond donors (Lipinski definition) is 4. The molecule has 4 aliphatic heterocycles. The number of halogens is 3. The summed E-state index contributed by atoms with van der Waals surface area (Å²) in [5.41, 5.74) is 11.0. The molecule has 5 aliphatic rings. The Morgan fingerprint density at radius 2 is 1.97 bits per heavy atom. The molecule has 15 heteroatoms. The van der Waals surface area contributed by atoms with Gasteiger partial charge in [0, 0.05) is 25.8 Å². The quantitative estimate of drug-likeness (QED) is 0.357. The molecule has 4 heterocycles. The van der Waals surface area contributed by atoms with Crippen LogP contribution in [0.2, 0.25) is 0 Å². The number of nitrogens with two attached hydrogens (primary N) is 2. The fraction of sp³-hybridized carbons (Fsp3) is 0.609. The van der Waals surface area contributed by atoms with Crippen LogP contribution in [-0.2, 0) is 14.3 Å². The fourth-order valence-electron chi connectivity index (χ4n) is 5.76. The largest absolute Gasteiger partial charge is 0.444 e. The fourth-order valence-corrected chi connectivity index (χ4v) is 5.76. The Morgan fingerprint density at radius 1 is 1.26 bits per heavy atom. The topological polar surface area (TPSA) is 168 Å². The van der Waals surface area contributed by atoms with Crippen LogP contribution in [0.4, 0.5) is 18.0 Å².